The highest BCUT2D eigenvalue weighted by molar-refractivity contribution is 5.82. The van der Waals surface area contributed by atoms with E-state index < -0.39 is 0 Å². The van der Waals surface area contributed by atoms with Gasteiger partial charge < -0.3 is 11.5 Å². The predicted molar refractivity (Wildman–Crippen MR) is 151 cm³/mol. The molecule has 2 aromatic carbocycles. The van der Waals surface area contributed by atoms with Gasteiger partial charge in [0, 0.05) is 30.9 Å². The second-order valence-corrected chi connectivity index (χ2v) is 8.40. The lowest BCUT2D eigenvalue weighted by molar-refractivity contribution is 0.979. The summed E-state index contributed by atoms with van der Waals surface area (Å²) in [6, 6.07) is 17.8. The van der Waals surface area contributed by atoms with E-state index in [1.165, 1.54) is 0 Å². The Bertz CT molecular complexity index is 1730. The summed E-state index contributed by atoms with van der Waals surface area (Å²) in [6.07, 6.45) is 9.59. The predicted octanol–water partition coefficient (Wildman–Crippen LogP) is 4.20. The number of imidazole rings is 2. The molecule has 4 heterocycles. The lowest BCUT2D eigenvalue weighted by Crippen LogP contribution is -2.03. The Morgan fingerprint density at radius 2 is 1.39 bits per heavy atom. The smallest absolute Gasteiger partial charge is 0.169 e. The van der Waals surface area contributed by atoms with Crippen LogP contribution in [0.4, 0.5) is 11.5 Å². The van der Waals surface area contributed by atoms with Crippen LogP contribution in [-0.2, 0) is 12.8 Å². The fourth-order valence-corrected chi connectivity index (χ4v) is 3.92. The Kier molecular flexibility index (Phi) is 6.85. The molecule has 0 atom stereocenters. The molecule has 0 aliphatic rings. The zero-order valence-corrected chi connectivity index (χ0v) is 20.6. The average Bonchev–Trinajstić information content (AvgIpc) is 3.55. The largest absolute Gasteiger partial charge is 0.398 e. The van der Waals surface area contributed by atoms with Crippen LogP contribution in [0.15, 0.2) is 86.6 Å². The summed E-state index contributed by atoms with van der Waals surface area (Å²) in [5.41, 5.74) is 17.6. The summed E-state index contributed by atoms with van der Waals surface area (Å²) in [4.78, 5) is 26.0. The van der Waals surface area contributed by atoms with Gasteiger partial charge in [-0.2, -0.15) is 0 Å². The van der Waals surface area contributed by atoms with E-state index in [2.05, 4.69) is 43.1 Å². The quantitative estimate of drug-likeness (QED) is 0.323. The van der Waals surface area contributed by atoms with E-state index in [9.17, 15) is 0 Å². The Labute approximate surface area is 219 Å². The number of hydrogen-bond donors (Lipinski definition) is 2. The molecule has 0 saturated carbocycles. The maximum absolute atomic E-state index is 5.93. The summed E-state index contributed by atoms with van der Waals surface area (Å²) in [7, 11) is 0. The van der Waals surface area contributed by atoms with Gasteiger partial charge in [0.25, 0.3) is 0 Å². The molecule has 38 heavy (non-hydrogen) atoms. The minimum atomic E-state index is 0.400. The molecule has 0 aliphatic carbocycles. The molecule has 10 heteroatoms. The van der Waals surface area contributed by atoms with Crippen molar-refractivity contribution in [3.8, 4) is 0 Å². The number of para-hydroxylation sites is 1. The Morgan fingerprint density at radius 3 is 2.16 bits per heavy atom. The van der Waals surface area contributed by atoms with Gasteiger partial charge in [-0.25, -0.2) is 29.9 Å². The van der Waals surface area contributed by atoms with Crippen LogP contribution in [0.25, 0.3) is 34.7 Å². The van der Waals surface area contributed by atoms with E-state index in [1.54, 1.807) is 40.4 Å². The van der Waals surface area contributed by atoms with Crippen LogP contribution in [-0.4, -0.2) is 39.0 Å². The van der Waals surface area contributed by atoms with Crippen molar-refractivity contribution < 1.29 is 0 Å². The summed E-state index contributed by atoms with van der Waals surface area (Å²) in [5.74, 6) is 1.80. The van der Waals surface area contributed by atoms with E-state index in [-0.39, 0.29) is 0 Å². The molecular weight excluding hydrogens is 476 g/mol. The van der Waals surface area contributed by atoms with Crippen molar-refractivity contribution in [2.24, 2.45) is 0 Å². The van der Waals surface area contributed by atoms with Crippen molar-refractivity contribution in [1.82, 2.24) is 39.0 Å². The third-order valence-corrected chi connectivity index (χ3v) is 5.86. The molecule has 0 amide bonds. The minimum Gasteiger partial charge on any atom is -0.398 e. The molecule has 4 N–H and O–H groups in total. The summed E-state index contributed by atoms with van der Waals surface area (Å²) < 4.78 is 3.51. The first-order valence-corrected chi connectivity index (χ1v) is 11.9. The fraction of sp³-hybridized carbons (Fsp3) is 0.0714. The number of aromatic nitrogens is 8. The van der Waals surface area contributed by atoms with Crippen LogP contribution in [0.2, 0.25) is 0 Å². The maximum atomic E-state index is 5.93. The van der Waals surface area contributed by atoms with Gasteiger partial charge in [-0.05, 0) is 17.2 Å². The molecule has 0 unspecified atom stereocenters. The molecule has 6 rings (SSSR count). The molecule has 6 aromatic rings. The van der Waals surface area contributed by atoms with E-state index >= 15 is 0 Å². The maximum Gasteiger partial charge on any atom is 0.169 e. The van der Waals surface area contributed by atoms with E-state index in [4.69, 9.17) is 11.5 Å². The second-order valence-electron chi connectivity index (χ2n) is 8.40. The van der Waals surface area contributed by atoms with Crippen LogP contribution < -0.4 is 11.5 Å². The van der Waals surface area contributed by atoms with Crippen molar-refractivity contribution in [2.45, 2.75) is 12.8 Å². The Balaban J connectivity index is 0.000000155. The van der Waals surface area contributed by atoms with Crippen LogP contribution in [0, 0.1) is 0 Å². The number of benzene rings is 2. The number of rotatable bonds is 6. The van der Waals surface area contributed by atoms with Crippen molar-refractivity contribution in [1.29, 1.82) is 0 Å². The number of hydrogen-bond acceptors (Lipinski definition) is 8. The lowest BCUT2D eigenvalue weighted by atomic mass is 10.1. The first-order valence-electron chi connectivity index (χ1n) is 11.9. The number of nitrogens with zero attached hydrogens (tertiary/aromatic N) is 8. The third kappa shape index (κ3) is 5.09. The third-order valence-electron chi connectivity index (χ3n) is 5.86. The number of anilines is 2. The van der Waals surface area contributed by atoms with Crippen LogP contribution in [0.5, 0.6) is 0 Å². The SMILES string of the molecule is C=Cn1cnc2c(N)nc(Cc3ccccc3)nc21.C=Cn1cnc2cnc(Cc3ccccc3N)nc21. The van der Waals surface area contributed by atoms with Crippen LogP contribution >= 0.6 is 0 Å². The molecule has 0 fully saturated rings. The van der Waals surface area contributed by atoms with Crippen LogP contribution in [0.1, 0.15) is 22.8 Å². The molecule has 0 bridgehead atoms. The average molecular weight is 503 g/mol. The molecule has 188 valence electrons. The van der Waals surface area contributed by atoms with Gasteiger partial charge in [0.15, 0.2) is 22.6 Å². The van der Waals surface area contributed by atoms with Gasteiger partial charge in [0.1, 0.15) is 29.8 Å². The molecule has 0 radical (unpaired) electrons. The Hall–Kier alpha value is -5.38. The molecule has 4 aromatic heterocycles. The zero-order chi connectivity index (χ0) is 26.5. The molecule has 10 nitrogen and oxygen atoms in total. The van der Waals surface area contributed by atoms with Gasteiger partial charge in [-0.1, -0.05) is 61.7 Å². The standard InChI is InChI=1S/2C14H13N5/c1-2-19-9-17-12-8-16-13(18-14(12)19)7-10-5-3-4-6-11(10)15;1-2-19-9-16-12-13(15)17-11(18-14(12)19)8-10-6-4-3-5-7-10/h2-6,8-9H,1,7,15H2;2-7,9H,1,8H2,(H2,15,17,18). The second kappa shape index (κ2) is 10.7. The van der Waals surface area contributed by atoms with Gasteiger partial charge in [0.05, 0.1) is 6.20 Å². The zero-order valence-electron chi connectivity index (χ0n) is 20.6. The summed E-state index contributed by atoms with van der Waals surface area (Å²) in [6.45, 7) is 7.44. The van der Waals surface area contributed by atoms with Crippen molar-refractivity contribution in [3.05, 3.63) is 109 Å². The number of fused-ring (bicyclic) bond motifs is 2. The highest BCUT2D eigenvalue weighted by Crippen LogP contribution is 2.18. The molecular formula is C28H26N10. The van der Waals surface area contributed by atoms with E-state index in [0.29, 0.717) is 41.5 Å². The van der Waals surface area contributed by atoms with Crippen molar-refractivity contribution >= 4 is 46.2 Å². The highest BCUT2D eigenvalue weighted by atomic mass is 15.1. The monoisotopic (exact) mass is 502 g/mol. The topological polar surface area (TPSA) is 139 Å². The summed E-state index contributed by atoms with van der Waals surface area (Å²) in [5, 5.41) is 0. The molecule has 0 aliphatic heterocycles. The minimum absolute atomic E-state index is 0.400. The van der Waals surface area contributed by atoms with Gasteiger partial charge >= 0.3 is 0 Å². The van der Waals surface area contributed by atoms with Crippen molar-refractivity contribution in [3.63, 3.8) is 0 Å². The lowest BCUT2D eigenvalue weighted by Gasteiger charge is -2.04. The van der Waals surface area contributed by atoms with E-state index in [1.807, 2.05) is 54.6 Å². The van der Waals surface area contributed by atoms with Gasteiger partial charge in [-0.3, -0.25) is 9.13 Å². The Morgan fingerprint density at radius 1 is 0.711 bits per heavy atom. The molecule has 0 spiro atoms. The summed E-state index contributed by atoms with van der Waals surface area (Å²) >= 11 is 0. The number of nitrogens with two attached hydrogens (primary N) is 2. The first-order chi connectivity index (χ1) is 18.6. The number of nitrogen functional groups attached to an aromatic ring is 2. The van der Waals surface area contributed by atoms with E-state index in [0.717, 1.165) is 28.0 Å². The molecule has 0 saturated heterocycles. The van der Waals surface area contributed by atoms with Gasteiger partial charge in [0.2, 0.25) is 0 Å². The fourth-order valence-electron chi connectivity index (χ4n) is 3.92. The first kappa shape index (κ1) is 24.3. The van der Waals surface area contributed by atoms with Crippen molar-refractivity contribution in [2.75, 3.05) is 11.5 Å². The highest BCUT2D eigenvalue weighted by Gasteiger charge is 2.10. The van der Waals surface area contributed by atoms with Gasteiger partial charge in [-0.15, -0.1) is 0 Å². The van der Waals surface area contributed by atoms with Crippen LogP contribution in [0.3, 0.4) is 0 Å². The normalized spacial score (nSPS) is 10.7.